The Hall–Kier alpha value is -0.910. The fraction of sp³-hybridized carbons (Fsp3) is 0.143. The molecule has 0 spiro atoms. The summed E-state index contributed by atoms with van der Waals surface area (Å²) < 4.78 is 36.8. The van der Waals surface area contributed by atoms with Crippen LogP contribution in [0.4, 0.5) is 13.2 Å². The van der Waals surface area contributed by atoms with Crippen LogP contribution in [0.25, 0.3) is 0 Å². The fourth-order valence-corrected chi connectivity index (χ4v) is 1.28. The summed E-state index contributed by atoms with van der Waals surface area (Å²) in [7, 11) is 0. The van der Waals surface area contributed by atoms with Gasteiger partial charge < -0.3 is 0 Å². The highest BCUT2D eigenvalue weighted by molar-refractivity contribution is 9.10. The van der Waals surface area contributed by atoms with Crippen molar-refractivity contribution in [1.29, 1.82) is 0 Å². The molecule has 0 aliphatic carbocycles. The molecular formula is C7H3BrF3NO. The molecule has 1 aromatic heterocycles. The second-order valence-electron chi connectivity index (χ2n) is 2.15. The Labute approximate surface area is 79.9 Å². The highest BCUT2D eigenvalue weighted by Gasteiger charge is 2.18. The minimum atomic E-state index is -2.79. The quantitative estimate of drug-likeness (QED) is 0.600. The normalized spacial score (nSPS) is 10.5. The Balaban J connectivity index is 3.35. The van der Waals surface area contributed by atoms with Crippen LogP contribution >= 0.6 is 15.9 Å². The molecule has 0 N–H and O–H groups in total. The number of hydrogen-bond acceptors (Lipinski definition) is 2. The lowest BCUT2D eigenvalue weighted by Crippen LogP contribution is -1.98. The first kappa shape index (κ1) is 10.2. The maximum Gasteiger partial charge on any atom is 0.266 e. The van der Waals surface area contributed by atoms with Gasteiger partial charge in [-0.05, 0) is 15.9 Å². The zero-order valence-corrected chi connectivity index (χ0v) is 7.69. The third-order valence-electron chi connectivity index (χ3n) is 1.38. The van der Waals surface area contributed by atoms with Gasteiger partial charge in [0.25, 0.3) is 6.43 Å². The predicted molar refractivity (Wildman–Crippen MR) is 42.2 cm³/mol. The van der Waals surface area contributed by atoms with E-state index in [2.05, 4.69) is 20.9 Å². The summed E-state index contributed by atoms with van der Waals surface area (Å²) >= 11 is 2.70. The van der Waals surface area contributed by atoms with E-state index in [1.165, 1.54) is 0 Å². The molecule has 0 amide bonds. The van der Waals surface area contributed by atoms with Gasteiger partial charge in [0, 0.05) is 10.7 Å². The van der Waals surface area contributed by atoms with E-state index in [4.69, 9.17) is 0 Å². The molecule has 0 fully saturated rings. The number of pyridine rings is 1. The van der Waals surface area contributed by atoms with Crippen LogP contribution in [0.3, 0.4) is 0 Å². The Kier molecular flexibility index (Phi) is 3.02. The highest BCUT2D eigenvalue weighted by atomic mass is 79.9. The molecule has 0 saturated heterocycles. The largest absolute Gasteiger partial charge is 0.298 e. The Morgan fingerprint density at radius 3 is 2.62 bits per heavy atom. The second-order valence-corrected chi connectivity index (χ2v) is 2.94. The number of nitrogens with zero attached hydrogens (tertiary/aromatic N) is 1. The number of halogens is 4. The van der Waals surface area contributed by atoms with Gasteiger partial charge in [-0.2, -0.15) is 4.39 Å². The molecule has 0 saturated carbocycles. The summed E-state index contributed by atoms with van der Waals surface area (Å²) in [6.07, 6.45) is -1.96. The van der Waals surface area contributed by atoms with Crippen molar-refractivity contribution < 1.29 is 18.0 Å². The zero-order chi connectivity index (χ0) is 10.0. The van der Waals surface area contributed by atoms with Crippen LogP contribution < -0.4 is 0 Å². The number of alkyl halides is 2. The van der Waals surface area contributed by atoms with Crippen LogP contribution in [0.15, 0.2) is 10.7 Å². The first-order valence-corrected chi connectivity index (χ1v) is 3.94. The Bertz CT molecular complexity index is 343. The Morgan fingerprint density at radius 1 is 1.54 bits per heavy atom. The molecule has 6 heteroatoms. The lowest BCUT2D eigenvalue weighted by atomic mass is 10.2. The summed E-state index contributed by atoms with van der Waals surface area (Å²) in [4.78, 5) is 13.3. The van der Waals surface area contributed by atoms with Crippen molar-refractivity contribution >= 4 is 22.2 Å². The van der Waals surface area contributed by atoms with Crippen LogP contribution in [-0.2, 0) is 0 Å². The minimum absolute atomic E-state index is 0.137. The van der Waals surface area contributed by atoms with Crippen LogP contribution in [0.5, 0.6) is 0 Å². The van der Waals surface area contributed by atoms with E-state index in [1.54, 1.807) is 0 Å². The first-order chi connectivity index (χ1) is 6.07. The summed E-state index contributed by atoms with van der Waals surface area (Å²) in [5, 5.41) is 0. The number of carbonyl (C=O) groups excluding carboxylic acids is 1. The van der Waals surface area contributed by atoms with Crippen molar-refractivity contribution in [3.05, 3.63) is 27.7 Å². The number of aldehydes is 1. The van der Waals surface area contributed by atoms with E-state index >= 15 is 0 Å². The van der Waals surface area contributed by atoms with E-state index < -0.39 is 23.5 Å². The average Bonchev–Trinajstić information content (AvgIpc) is 2.04. The number of carbonyl (C=O) groups is 1. The van der Waals surface area contributed by atoms with Gasteiger partial charge in [-0.3, -0.25) is 4.79 Å². The zero-order valence-electron chi connectivity index (χ0n) is 6.10. The number of rotatable bonds is 2. The van der Waals surface area contributed by atoms with Crippen molar-refractivity contribution in [2.24, 2.45) is 0 Å². The van der Waals surface area contributed by atoms with Gasteiger partial charge in [-0.15, -0.1) is 0 Å². The van der Waals surface area contributed by atoms with Crippen molar-refractivity contribution in [2.45, 2.75) is 6.43 Å². The molecule has 0 bridgehead atoms. The van der Waals surface area contributed by atoms with E-state index in [9.17, 15) is 18.0 Å². The number of aromatic nitrogens is 1. The van der Waals surface area contributed by atoms with E-state index in [0.29, 0.717) is 6.20 Å². The van der Waals surface area contributed by atoms with Crippen molar-refractivity contribution in [2.75, 3.05) is 0 Å². The molecule has 0 radical (unpaired) electrons. The molecule has 1 rings (SSSR count). The third-order valence-corrected chi connectivity index (χ3v) is 2.27. The van der Waals surface area contributed by atoms with Crippen LogP contribution in [-0.4, -0.2) is 11.3 Å². The standard InChI is InChI=1S/C7H3BrF3NO/c8-5-3(6(9)10)1-12-7(11)4(5)2-13/h1-2,6H. The lowest BCUT2D eigenvalue weighted by molar-refractivity contribution is 0.111. The molecule has 1 aromatic rings. The molecule has 0 unspecified atom stereocenters. The van der Waals surface area contributed by atoms with Gasteiger partial charge in [0.2, 0.25) is 5.95 Å². The average molecular weight is 254 g/mol. The van der Waals surface area contributed by atoms with Gasteiger partial charge in [0.1, 0.15) is 0 Å². The van der Waals surface area contributed by atoms with Crippen molar-refractivity contribution in [3.63, 3.8) is 0 Å². The first-order valence-electron chi connectivity index (χ1n) is 3.15. The van der Waals surface area contributed by atoms with E-state index in [0.717, 1.165) is 0 Å². The maximum atomic E-state index is 12.7. The summed E-state index contributed by atoms with van der Waals surface area (Å²) in [5.74, 6) is -1.06. The predicted octanol–water partition coefficient (Wildman–Crippen LogP) is 2.73. The summed E-state index contributed by atoms with van der Waals surface area (Å²) in [6.45, 7) is 0. The number of hydrogen-bond donors (Lipinski definition) is 0. The maximum absolute atomic E-state index is 12.7. The van der Waals surface area contributed by atoms with Crippen molar-refractivity contribution in [1.82, 2.24) is 4.98 Å². The molecular weight excluding hydrogens is 251 g/mol. The van der Waals surface area contributed by atoms with Crippen LogP contribution in [0.2, 0.25) is 0 Å². The second kappa shape index (κ2) is 3.87. The molecule has 0 aliphatic heterocycles. The smallest absolute Gasteiger partial charge is 0.266 e. The van der Waals surface area contributed by atoms with Gasteiger partial charge >= 0.3 is 0 Å². The third kappa shape index (κ3) is 1.88. The monoisotopic (exact) mass is 253 g/mol. The lowest BCUT2D eigenvalue weighted by Gasteiger charge is -2.04. The molecule has 2 nitrogen and oxygen atoms in total. The minimum Gasteiger partial charge on any atom is -0.298 e. The molecule has 0 aromatic carbocycles. The summed E-state index contributed by atoms with van der Waals surface area (Å²) in [6, 6.07) is 0. The molecule has 1 heterocycles. The molecule has 0 atom stereocenters. The molecule has 0 aliphatic rings. The van der Waals surface area contributed by atoms with E-state index in [-0.39, 0.29) is 10.8 Å². The van der Waals surface area contributed by atoms with Crippen LogP contribution in [0.1, 0.15) is 22.3 Å². The van der Waals surface area contributed by atoms with Gasteiger partial charge in [-0.1, -0.05) is 0 Å². The molecule has 70 valence electrons. The van der Waals surface area contributed by atoms with E-state index in [1.807, 2.05) is 0 Å². The highest BCUT2D eigenvalue weighted by Crippen LogP contribution is 2.29. The van der Waals surface area contributed by atoms with Crippen LogP contribution in [0, 0.1) is 5.95 Å². The topological polar surface area (TPSA) is 30.0 Å². The van der Waals surface area contributed by atoms with Gasteiger partial charge in [0.15, 0.2) is 6.29 Å². The van der Waals surface area contributed by atoms with Gasteiger partial charge in [0.05, 0.1) is 11.1 Å². The van der Waals surface area contributed by atoms with Crippen molar-refractivity contribution in [3.8, 4) is 0 Å². The Morgan fingerprint density at radius 2 is 2.15 bits per heavy atom. The molecule has 13 heavy (non-hydrogen) atoms. The SMILES string of the molecule is O=Cc1c(F)ncc(C(F)F)c1Br. The van der Waals surface area contributed by atoms with Gasteiger partial charge in [-0.25, -0.2) is 13.8 Å². The summed E-state index contributed by atoms with van der Waals surface area (Å²) in [5.41, 5.74) is -0.985. The fourth-order valence-electron chi connectivity index (χ4n) is 0.751.